The Hall–Kier alpha value is -3.03. The molecule has 0 spiro atoms. The van der Waals surface area contributed by atoms with Crippen LogP contribution in [0, 0.1) is 6.92 Å². The lowest BCUT2D eigenvalue weighted by molar-refractivity contribution is 0.0620. The van der Waals surface area contributed by atoms with Crippen molar-refractivity contribution in [3.05, 3.63) is 59.0 Å². The van der Waals surface area contributed by atoms with E-state index in [9.17, 15) is 13.6 Å². The molecule has 28 heavy (non-hydrogen) atoms. The lowest BCUT2D eigenvalue weighted by atomic mass is 9.89. The second-order valence-corrected chi connectivity index (χ2v) is 7.55. The van der Waals surface area contributed by atoms with Crippen LogP contribution < -0.4 is 10.1 Å². The monoisotopic (exact) mass is 386 g/mol. The first-order chi connectivity index (χ1) is 13.2. The van der Waals surface area contributed by atoms with Crippen molar-refractivity contribution in [2.75, 3.05) is 0 Å². The van der Waals surface area contributed by atoms with Crippen molar-refractivity contribution in [3.63, 3.8) is 0 Å². The van der Waals surface area contributed by atoms with Crippen LogP contribution in [0.3, 0.4) is 0 Å². The van der Waals surface area contributed by atoms with Gasteiger partial charge in [0.15, 0.2) is 5.65 Å². The van der Waals surface area contributed by atoms with Crippen molar-refractivity contribution in [2.24, 2.45) is 0 Å². The van der Waals surface area contributed by atoms with Crippen molar-refractivity contribution in [2.45, 2.75) is 45.3 Å². The summed E-state index contributed by atoms with van der Waals surface area (Å²) in [5, 5.41) is 6.95. The number of aryl methyl sites for hydroxylation is 1. The largest absolute Gasteiger partial charge is 0.487 e. The van der Waals surface area contributed by atoms with E-state index in [2.05, 4.69) is 15.4 Å². The number of para-hydroxylation sites is 1. The number of aromatic nitrogens is 3. The Kier molecular flexibility index (Phi) is 4.28. The minimum atomic E-state index is -2.72. The molecule has 6 nitrogen and oxygen atoms in total. The number of benzene rings is 1. The molecule has 3 aromatic rings. The summed E-state index contributed by atoms with van der Waals surface area (Å²) in [6, 6.07) is 8.52. The minimum absolute atomic E-state index is 0.118. The lowest BCUT2D eigenvalue weighted by Crippen LogP contribution is -2.41. The van der Waals surface area contributed by atoms with Crippen molar-refractivity contribution >= 4 is 11.6 Å². The Morgan fingerprint density at radius 2 is 2.11 bits per heavy atom. The van der Waals surface area contributed by atoms with Crippen LogP contribution in [-0.2, 0) is 0 Å². The first-order valence-electron chi connectivity index (χ1n) is 8.97. The van der Waals surface area contributed by atoms with Crippen molar-refractivity contribution in [3.8, 4) is 5.75 Å². The van der Waals surface area contributed by atoms with Gasteiger partial charge in [0, 0.05) is 17.7 Å². The van der Waals surface area contributed by atoms with Crippen molar-refractivity contribution < 1.29 is 18.3 Å². The Labute approximate surface area is 160 Å². The van der Waals surface area contributed by atoms with E-state index in [0.29, 0.717) is 12.1 Å². The number of alkyl halides is 2. The molecule has 1 aliphatic heterocycles. The molecule has 0 saturated carbocycles. The summed E-state index contributed by atoms with van der Waals surface area (Å²) in [4.78, 5) is 17.2. The van der Waals surface area contributed by atoms with E-state index in [1.807, 2.05) is 38.1 Å². The highest BCUT2D eigenvalue weighted by atomic mass is 19.3. The summed E-state index contributed by atoms with van der Waals surface area (Å²) in [6.07, 6.45) is -0.869. The highest BCUT2D eigenvalue weighted by Gasteiger charge is 2.35. The second kappa shape index (κ2) is 6.54. The average molecular weight is 386 g/mol. The molecule has 1 atom stereocenters. The van der Waals surface area contributed by atoms with E-state index in [1.165, 1.54) is 12.3 Å². The minimum Gasteiger partial charge on any atom is -0.487 e. The number of hydrogen-bond acceptors (Lipinski definition) is 4. The fraction of sp³-hybridized carbons (Fsp3) is 0.350. The van der Waals surface area contributed by atoms with Crippen molar-refractivity contribution in [1.82, 2.24) is 19.9 Å². The number of fused-ring (bicyclic) bond motifs is 2. The molecule has 1 amide bonds. The van der Waals surface area contributed by atoms with Gasteiger partial charge < -0.3 is 10.1 Å². The number of carbonyl (C=O) groups excluding carboxylic acids is 1. The molecule has 0 radical (unpaired) electrons. The number of rotatable bonds is 3. The molecule has 0 fully saturated rings. The van der Waals surface area contributed by atoms with Gasteiger partial charge in [0.1, 0.15) is 22.6 Å². The molecular weight excluding hydrogens is 366 g/mol. The van der Waals surface area contributed by atoms with Gasteiger partial charge in [-0.15, -0.1) is 0 Å². The molecule has 1 N–H and O–H groups in total. The van der Waals surface area contributed by atoms with Crippen LogP contribution in [0.15, 0.2) is 36.5 Å². The van der Waals surface area contributed by atoms with Crippen LogP contribution >= 0.6 is 0 Å². The predicted octanol–water partition coefficient (Wildman–Crippen LogP) is 4.01. The fourth-order valence-electron chi connectivity index (χ4n) is 3.60. The van der Waals surface area contributed by atoms with Crippen LogP contribution in [0.1, 0.15) is 60.0 Å². The Bertz CT molecular complexity index is 1060. The summed E-state index contributed by atoms with van der Waals surface area (Å²) < 4.78 is 33.6. The van der Waals surface area contributed by atoms with Crippen molar-refractivity contribution in [1.29, 1.82) is 0 Å². The van der Waals surface area contributed by atoms with E-state index in [0.717, 1.165) is 15.8 Å². The maximum absolute atomic E-state index is 13.3. The van der Waals surface area contributed by atoms with E-state index >= 15 is 0 Å². The molecule has 3 heterocycles. The number of amides is 1. The van der Waals surface area contributed by atoms with Crippen LogP contribution in [-0.4, -0.2) is 26.1 Å². The lowest BCUT2D eigenvalue weighted by Gasteiger charge is -2.37. The van der Waals surface area contributed by atoms with E-state index in [1.54, 1.807) is 6.92 Å². The predicted molar refractivity (Wildman–Crippen MR) is 98.7 cm³/mol. The summed E-state index contributed by atoms with van der Waals surface area (Å²) in [6.45, 7) is 5.52. The number of hydrogen-bond donors (Lipinski definition) is 1. The third-order valence-electron chi connectivity index (χ3n) is 4.78. The molecule has 0 aliphatic carbocycles. The van der Waals surface area contributed by atoms with Gasteiger partial charge in [-0.2, -0.15) is 5.10 Å². The number of halogens is 2. The van der Waals surface area contributed by atoms with Gasteiger partial charge in [-0.3, -0.25) is 4.79 Å². The number of ether oxygens (including phenoxy) is 1. The van der Waals surface area contributed by atoms with Crippen LogP contribution in [0.5, 0.6) is 5.75 Å². The highest BCUT2D eigenvalue weighted by Crippen LogP contribution is 2.39. The van der Waals surface area contributed by atoms with Gasteiger partial charge in [-0.1, -0.05) is 18.2 Å². The molecular formula is C20H20F2N4O2. The average Bonchev–Trinajstić information content (AvgIpc) is 3.03. The molecule has 0 bridgehead atoms. The smallest absolute Gasteiger partial charge is 0.280 e. The van der Waals surface area contributed by atoms with Gasteiger partial charge in [-0.05, 0) is 32.9 Å². The molecule has 146 valence electrons. The molecule has 8 heteroatoms. The molecule has 1 aromatic carbocycles. The highest BCUT2D eigenvalue weighted by molar-refractivity contribution is 6.00. The topological polar surface area (TPSA) is 68.5 Å². The summed E-state index contributed by atoms with van der Waals surface area (Å²) in [5.74, 6) is 0.309. The molecule has 0 saturated heterocycles. The third kappa shape index (κ3) is 3.19. The summed E-state index contributed by atoms with van der Waals surface area (Å²) in [7, 11) is 0. The normalized spacial score (nSPS) is 18.0. The third-order valence-corrected chi connectivity index (χ3v) is 4.78. The van der Waals surface area contributed by atoms with Gasteiger partial charge in [0.25, 0.3) is 12.3 Å². The standard InChI is InChI=1S/C20H20F2N4O2/c1-11-8-15(17(21)22)26-18(24-11)13(10-23-26)19(27)25-14-9-20(2,3)28-16-7-5-4-6-12(14)16/h4-8,10,14,17H,9H2,1-3H3,(H,25,27)/t14-/m0/s1. The van der Waals surface area contributed by atoms with Crippen LogP contribution in [0.4, 0.5) is 8.78 Å². The first kappa shape index (κ1) is 18.3. The SMILES string of the molecule is Cc1cc(C(F)F)n2ncc(C(=O)N[C@H]3CC(C)(C)Oc4ccccc43)c2n1. The first-order valence-corrected chi connectivity index (χ1v) is 8.97. The number of nitrogens with zero attached hydrogens (tertiary/aromatic N) is 3. The zero-order chi connectivity index (χ0) is 20.1. The molecule has 0 unspecified atom stereocenters. The zero-order valence-corrected chi connectivity index (χ0v) is 15.7. The van der Waals surface area contributed by atoms with Crippen LogP contribution in [0.2, 0.25) is 0 Å². The number of carbonyl (C=O) groups is 1. The molecule has 1 aliphatic rings. The van der Waals surface area contributed by atoms with Gasteiger partial charge in [-0.25, -0.2) is 18.3 Å². The summed E-state index contributed by atoms with van der Waals surface area (Å²) in [5.41, 5.74) is 0.809. The zero-order valence-electron chi connectivity index (χ0n) is 15.7. The Balaban J connectivity index is 1.70. The maximum atomic E-state index is 13.3. The Morgan fingerprint density at radius 1 is 1.36 bits per heavy atom. The second-order valence-electron chi connectivity index (χ2n) is 7.55. The Morgan fingerprint density at radius 3 is 2.86 bits per heavy atom. The van der Waals surface area contributed by atoms with Gasteiger partial charge in [0.05, 0.1) is 12.2 Å². The van der Waals surface area contributed by atoms with Crippen LogP contribution in [0.25, 0.3) is 5.65 Å². The molecule has 4 rings (SSSR count). The van der Waals surface area contributed by atoms with E-state index in [-0.39, 0.29) is 22.9 Å². The number of nitrogens with one attached hydrogen (secondary N) is 1. The molecule has 2 aromatic heterocycles. The van der Waals surface area contributed by atoms with E-state index in [4.69, 9.17) is 4.74 Å². The van der Waals surface area contributed by atoms with E-state index < -0.39 is 17.9 Å². The van der Waals surface area contributed by atoms with Gasteiger partial charge >= 0.3 is 0 Å². The summed E-state index contributed by atoms with van der Waals surface area (Å²) >= 11 is 0. The fourth-order valence-corrected chi connectivity index (χ4v) is 3.60. The van der Waals surface area contributed by atoms with Gasteiger partial charge in [0.2, 0.25) is 0 Å². The maximum Gasteiger partial charge on any atom is 0.280 e. The quantitative estimate of drug-likeness (QED) is 0.739.